The maximum Gasteiger partial charge on any atom is 0.239 e. The van der Waals surface area contributed by atoms with Gasteiger partial charge in [0.2, 0.25) is 11.8 Å². The van der Waals surface area contributed by atoms with Crippen molar-refractivity contribution in [2.75, 3.05) is 13.7 Å². The zero-order chi connectivity index (χ0) is 18.6. The van der Waals surface area contributed by atoms with E-state index in [1.165, 1.54) is 0 Å². The molecule has 5 heteroatoms. The average Bonchev–Trinajstić information content (AvgIpc) is 2.56. The van der Waals surface area contributed by atoms with Gasteiger partial charge in [-0.15, -0.1) is 0 Å². The van der Waals surface area contributed by atoms with Gasteiger partial charge in [0.15, 0.2) is 0 Å². The monoisotopic (exact) mass is 342 g/mol. The van der Waals surface area contributed by atoms with Crippen LogP contribution >= 0.6 is 0 Å². The van der Waals surface area contributed by atoms with Crippen LogP contribution in [0.2, 0.25) is 0 Å². The zero-order valence-electron chi connectivity index (χ0n) is 15.5. The van der Waals surface area contributed by atoms with Gasteiger partial charge in [-0.25, -0.2) is 0 Å². The summed E-state index contributed by atoms with van der Waals surface area (Å²) in [5, 5.41) is 7.62. The second-order valence-corrected chi connectivity index (χ2v) is 7.21. The number of methoxy groups -OCH3 is 1. The third-order valence-electron chi connectivity index (χ3n) is 3.90. The summed E-state index contributed by atoms with van der Waals surface area (Å²) in [6.07, 6.45) is 0. The molecule has 25 heavy (non-hydrogen) atoms. The molecule has 5 nitrogen and oxygen atoms in total. The second-order valence-electron chi connectivity index (χ2n) is 7.21. The first-order valence-corrected chi connectivity index (χ1v) is 8.36. The Hall–Kier alpha value is -2.56. The number of carbonyl (C=O) groups is 2. The van der Waals surface area contributed by atoms with E-state index in [1.807, 2.05) is 64.1 Å². The zero-order valence-corrected chi connectivity index (χ0v) is 15.5. The molecule has 2 aromatic rings. The minimum Gasteiger partial charge on any atom is -0.497 e. The van der Waals surface area contributed by atoms with E-state index >= 15 is 0 Å². The molecule has 0 aliphatic carbocycles. The van der Waals surface area contributed by atoms with Crippen molar-refractivity contribution in [1.82, 2.24) is 10.6 Å². The molecule has 2 amide bonds. The number of hydrogen-bond donors (Lipinski definition) is 2. The van der Waals surface area contributed by atoms with Crippen LogP contribution in [-0.4, -0.2) is 31.0 Å². The Balaban J connectivity index is 2.04. The highest BCUT2D eigenvalue weighted by molar-refractivity contribution is 5.90. The molecule has 0 bridgehead atoms. The molecule has 2 N–H and O–H groups in total. The van der Waals surface area contributed by atoms with Gasteiger partial charge in [0, 0.05) is 5.54 Å². The Bertz CT molecular complexity index is 778. The van der Waals surface area contributed by atoms with Gasteiger partial charge in [-0.2, -0.15) is 0 Å². The number of fused-ring (bicyclic) bond motifs is 1. The fourth-order valence-corrected chi connectivity index (χ4v) is 2.57. The molecule has 0 unspecified atom stereocenters. The minimum atomic E-state index is -0.339. The van der Waals surface area contributed by atoms with E-state index < -0.39 is 0 Å². The lowest BCUT2D eigenvalue weighted by Gasteiger charge is -2.21. The van der Waals surface area contributed by atoms with Crippen LogP contribution in [-0.2, 0) is 9.59 Å². The van der Waals surface area contributed by atoms with Gasteiger partial charge < -0.3 is 15.4 Å². The number of amides is 2. The smallest absolute Gasteiger partial charge is 0.239 e. The largest absolute Gasteiger partial charge is 0.497 e. The third kappa shape index (κ3) is 5.21. The molecule has 1 atom stereocenters. The SMILES string of the molecule is COc1ccc2cc([C@H](C)C(=O)NCC(=O)NC(C)(C)C)ccc2c1. The normalized spacial score (nSPS) is 12.5. The molecule has 2 rings (SSSR count). The summed E-state index contributed by atoms with van der Waals surface area (Å²) in [5.74, 6) is 0.0976. The van der Waals surface area contributed by atoms with Crippen molar-refractivity contribution in [2.24, 2.45) is 0 Å². The molecule has 0 saturated heterocycles. The Morgan fingerprint density at radius 2 is 1.72 bits per heavy atom. The van der Waals surface area contributed by atoms with E-state index in [4.69, 9.17) is 4.74 Å². The Kier molecular flexibility index (Phi) is 5.67. The maximum absolute atomic E-state index is 12.3. The van der Waals surface area contributed by atoms with Crippen molar-refractivity contribution >= 4 is 22.6 Å². The fourth-order valence-electron chi connectivity index (χ4n) is 2.57. The first kappa shape index (κ1) is 18.8. The van der Waals surface area contributed by atoms with Crippen LogP contribution in [0, 0.1) is 0 Å². The number of carbonyl (C=O) groups excluding carboxylic acids is 2. The lowest BCUT2D eigenvalue weighted by atomic mass is 9.97. The van der Waals surface area contributed by atoms with Gasteiger partial charge in [-0.3, -0.25) is 9.59 Å². The molecule has 0 saturated carbocycles. The summed E-state index contributed by atoms with van der Waals surface area (Å²) in [7, 11) is 1.64. The van der Waals surface area contributed by atoms with Crippen LogP contribution < -0.4 is 15.4 Å². The number of benzene rings is 2. The maximum atomic E-state index is 12.3. The van der Waals surface area contributed by atoms with E-state index in [9.17, 15) is 9.59 Å². The first-order valence-electron chi connectivity index (χ1n) is 8.36. The van der Waals surface area contributed by atoms with E-state index in [1.54, 1.807) is 7.11 Å². The summed E-state index contributed by atoms with van der Waals surface area (Å²) in [4.78, 5) is 24.2. The van der Waals surface area contributed by atoms with Gasteiger partial charge in [0.05, 0.1) is 19.6 Å². The van der Waals surface area contributed by atoms with Crippen molar-refractivity contribution in [3.8, 4) is 5.75 Å². The van der Waals surface area contributed by atoms with Crippen LogP contribution in [0.15, 0.2) is 36.4 Å². The van der Waals surface area contributed by atoms with Crippen molar-refractivity contribution < 1.29 is 14.3 Å². The summed E-state index contributed by atoms with van der Waals surface area (Å²) < 4.78 is 5.23. The second kappa shape index (κ2) is 7.55. The minimum absolute atomic E-state index is 0.0226. The van der Waals surface area contributed by atoms with Gasteiger partial charge in [0.1, 0.15) is 5.75 Å². The molecule has 0 aliphatic rings. The van der Waals surface area contributed by atoms with Crippen LogP contribution in [0.5, 0.6) is 5.75 Å². The summed E-state index contributed by atoms with van der Waals surface area (Å²) in [6.45, 7) is 7.52. The molecular weight excluding hydrogens is 316 g/mol. The first-order chi connectivity index (χ1) is 11.7. The molecule has 2 aromatic carbocycles. The van der Waals surface area contributed by atoms with Crippen molar-refractivity contribution in [2.45, 2.75) is 39.2 Å². The molecule has 0 aliphatic heterocycles. The van der Waals surface area contributed by atoms with Crippen LogP contribution in [0.4, 0.5) is 0 Å². The number of rotatable bonds is 5. The van der Waals surface area contributed by atoms with Crippen molar-refractivity contribution in [1.29, 1.82) is 0 Å². The van der Waals surface area contributed by atoms with Gasteiger partial charge >= 0.3 is 0 Å². The van der Waals surface area contributed by atoms with E-state index in [0.717, 1.165) is 22.1 Å². The number of nitrogens with one attached hydrogen (secondary N) is 2. The van der Waals surface area contributed by atoms with E-state index in [2.05, 4.69) is 10.6 Å². The van der Waals surface area contributed by atoms with Gasteiger partial charge in [-0.1, -0.05) is 24.3 Å². The Morgan fingerprint density at radius 3 is 2.36 bits per heavy atom. The highest BCUT2D eigenvalue weighted by Gasteiger charge is 2.18. The molecule has 0 heterocycles. The third-order valence-corrected chi connectivity index (χ3v) is 3.90. The highest BCUT2D eigenvalue weighted by Crippen LogP contribution is 2.25. The van der Waals surface area contributed by atoms with Crippen molar-refractivity contribution in [3.63, 3.8) is 0 Å². The number of hydrogen-bond acceptors (Lipinski definition) is 3. The van der Waals surface area contributed by atoms with E-state index in [0.29, 0.717) is 0 Å². The lowest BCUT2D eigenvalue weighted by molar-refractivity contribution is -0.127. The quantitative estimate of drug-likeness (QED) is 0.878. The molecule has 134 valence electrons. The fraction of sp³-hybridized carbons (Fsp3) is 0.400. The Labute approximate surface area is 148 Å². The summed E-state index contributed by atoms with van der Waals surface area (Å²) >= 11 is 0. The van der Waals surface area contributed by atoms with Crippen LogP contribution in [0.3, 0.4) is 0 Å². The van der Waals surface area contributed by atoms with Gasteiger partial charge in [0.25, 0.3) is 0 Å². The van der Waals surface area contributed by atoms with Crippen LogP contribution in [0.25, 0.3) is 10.8 Å². The van der Waals surface area contributed by atoms with Crippen molar-refractivity contribution in [3.05, 3.63) is 42.0 Å². The standard InChI is InChI=1S/C20H26N2O3/c1-13(19(24)21-12-18(23)22-20(2,3)4)14-6-7-16-11-17(25-5)9-8-15(16)10-14/h6-11,13H,12H2,1-5H3,(H,21,24)(H,22,23)/t13-/m0/s1. The molecule has 0 radical (unpaired) electrons. The molecule has 0 fully saturated rings. The Morgan fingerprint density at radius 1 is 1.08 bits per heavy atom. The number of ether oxygens (including phenoxy) is 1. The average molecular weight is 342 g/mol. The molecule has 0 spiro atoms. The topological polar surface area (TPSA) is 67.4 Å². The predicted octanol–water partition coefficient (Wildman–Crippen LogP) is 2.98. The highest BCUT2D eigenvalue weighted by atomic mass is 16.5. The predicted molar refractivity (Wildman–Crippen MR) is 99.8 cm³/mol. The summed E-state index contributed by atoms with van der Waals surface area (Å²) in [6, 6.07) is 11.7. The van der Waals surface area contributed by atoms with E-state index in [-0.39, 0.29) is 29.8 Å². The van der Waals surface area contributed by atoms with Crippen LogP contribution in [0.1, 0.15) is 39.2 Å². The molecular formula is C20H26N2O3. The lowest BCUT2D eigenvalue weighted by Crippen LogP contribution is -2.46. The summed E-state index contributed by atoms with van der Waals surface area (Å²) in [5.41, 5.74) is 0.596. The molecule has 0 aromatic heterocycles. The van der Waals surface area contributed by atoms with Gasteiger partial charge in [-0.05, 0) is 56.2 Å².